The fraction of sp³-hybridized carbons (Fsp3) is 0.850. The van der Waals surface area contributed by atoms with Crippen LogP contribution in [0.25, 0.3) is 0 Å². The highest BCUT2D eigenvalue weighted by atomic mass is 16.5. The van der Waals surface area contributed by atoms with E-state index in [1.54, 1.807) is 0 Å². The zero-order valence-corrected chi connectivity index (χ0v) is 14.9. The highest BCUT2D eigenvalue weighted by Gasteiger charge is 2.12. The van der Waals surface area contributed by atoms with Gasteiger partial charge in [-0.1, -0.05) is 76.9 Å². The van der Waals surface area contributed by atoms with Crippen molar-refractivity contribution in [3.05, 3.63) is 19.1 Å². The Morgan fingerprint density at radius 1 is 0.682 bits per heavy atom. The Balaban J connectivity index is 3.11. The van der Waals surface area contributed by atoms with Crippen molar-refractivity contribution in [3.63, 3.8) is 0 Å². The zero-order valence-electron chi connectivity index (χ0n) is 14.9. The van der Waals surface area contributed by atoms with Gasteiger partial charge < -0.3 is 10.2 Å². The SMILES string of the molecule is [CH2]CCCCCCC/C=C\CCCCCCCCC(C)(O)O. The van der Waals surface area contributed by atoms with Crippen LogP contribution >= 0.6 is 0 Å². The van der Waals surface area contributed by atoms with E-state index in [1.165, 1.54) is 77.6 Å². The van der Waals surface area contributed by atoms with E-state index in [4.69, 9.17) is 0 Å². The van der Waals surface area contributed by atoms with Crippen molar-refractivity contribution in [3.8, 4) is 0 Å². The molecule has 0 saturated carbocycles. The monoisotopic (exact) mass is 311 g/mol. The summed E-state index contributed by atoms with van der Waals surface area (Å²) >= 11 is 0. The number of rotatable bonds is 16. The van der Waals surface area contributed by atoms with E-state index in [0.29, 0.717) is 6.42 Å². The van der Waals surface area contributed by atoms with E-state index in [2.05, 4.69) is 19.1 Å². The molecule has 2 N–H and O–H groups in total. The number of aliphatic hydroxyl groups is 2. The molecule has 0 rings (SSSR count). The molecular weight excluding hydrogens is 272 g/mol. The maximum absolute atomic E-state index is 9.18. The smallest absolute Gasteiger partial charge is 0.159 e. The maximum atomic E-state index is 9.18. The molecule has 0 aliphatic heterocycles. The van der Waals surface area contributed by atoms with Gasteiger partial charge in [0.25, 0.3) is 0 Å². The Bertz CT molecular complexity index is 241. The molecule has 0 bridgehead atoms. The molecule has 0 aromatic rings. The lowest BCUT2D eigenvalue weighted by Crippen LogP contribution is -2.22. The molecule has 1 radical (unpaired) electrons. The highest BCUT2D eigenvalue weighted by molar-refractivity contribution is 4.81. The van der Waals surface area contributed by atoms with Crippen LogP contribution < -0.4 is 0 Å². The number of hydrogen-bond acceptors (Lipinski definition) is 2. The Kier molecular flexibility index (Phi) is 15.3. The van der Waals surface area contributed by atoms with Gasteiger partial charge in [-0.25, -0.2) is 0 Å². The van der Waals surface area contributed by atoms with Crippen molar-refractivity contribution in [1.29, 1.82) is 0 Å². The van der Waals surface area contributed by atoms with Gasteiger partial charge in [0.1, 0.15) is 0 Å². The van der Waals surface area contributed by atoms with Crippen molar-refractivity contribution in [1.82, 2.24) is 0 Å². The minimum atomic E-state index is -1.47. The molecule has 22 heavy (non-hydrogen) atoms. The molecule has 0 aromatic carbocycles. The van der Waals surface area contributed by atoms with Crippen molar-refractivity contribution in [2.24, 2.45) is 0 Å². The Morgan fingerprint density at radius 3 is 1.55 bits per heavy atom. The minimum absolute atomic E-state index is 0.491. The number of allylic oxidation sites excluding steroid dienone is 2. The molecule has 131 valence electrons. The summed E-state index contributed by atoms with van der Waals surface area (Å²) in [7, 11) is 0. The fourth-order valence-electron chi connectivity index (χ4n) is 2.63. The molecule has 2 nitrogen and oxygen atoms in total. The lowest BCUT2D eigenvalue weighted by atomic mass is 10.1. The van der Waals surface area contributed by atoms with Crippen LogP contribution in [0.5, 0.6) is 0 Å². The molecule has 2 heteroatoms. The van der Waals surface area contributed by atoms with Gasteiger partial charge in [-0.2, -0.15) is 0 Å². The Morgan fingerprint density at radius 2 is 1.09 bits per heavy atom. The molecule has 0 aromatic heterocycles. The summed E-state index contributed by atoms with van der Waals surface area (Å²) in [5.74, 6) is -1.47. The quantitative estimate of drug-likeness (QED) is 0.211. The second-order valence-electron chi connectivity index (χ2n) is 6.76. The van der Waals surface area contributed by atoms with E-state index in [0.717, 1.165) is 19.3 Å². The average Bonchev–Trinajstić information content (AvgIpc) is 2.45. The first-order valence-electron chi connectivity index (χ1n) is 9.45. The lowest BCUT2D eigenvalue weighted by molar-refractivity contribution is -0.150. The lowest BCUT2D eigenvalue weighted by Gasteiger charge is -2.14. The third-order valence-electron chi connectivity index (χ3n) is 4.06. The summed E-state index contributed by atoms with van der Waals surface area (Å²) in [4.78, 5) is 0. The van der Waals surface area contributed by atoms with E-state index in [9.17, 15) is 10.2 Å². The molecule has 0 saturated heterocycles. The first-order valence-corrected chi connectivity index (χ1v) is 9.45. The van der Waals surface area contributed by atoms with Crippen LogP contribution in [0.15, 0.2) is 12.2 Å². The molecule has 0 aliphatic carbocycles. The molecule has 0 heterocycles. The summed E-state index contributed by atoms with van der Waals surface area (Å²) in [6.07, 6.45) is 22.5. The largest absolute Gasteiger partial charge is 0.366 e. The molecule has 0 fully saturated rings. The molecule has 0 amide bonds. The number of unbranched alkanes of at least 4 members (excludes halogenated alkanes) is 12. The van der Waals surface area contributed by atoms with Gasteiger partial charge >= 0.3 is 0 Å². The van der Waals surface area contributed by atoms with E-state index >= 15 is 0 Å². The summed E-state index contributed by atoms with van der Waals surface area (Å²) < 4.78 is 0. The summed E-state index contributed by atoms with van der Waals surface area (Å²) in [5.41, 5.74) is 0. The summed E-state index contributed by atoms with van der Waals surface area (Å²) in [6, 6.07) is 0. The van der Waals surface area contributed by atoms with Crippen molar-refractivity contribution >= 4 is 0 Å². The van der Waals surface area contributed by atoms with Crippen molar-refractivity contribution in [2.45, 2.75) is 109 Å². The first-order chi connectivity index (χ1) is 10.6. The van der Waals surface area contributed by atoms with Crippen LogP contribution in [0.4, 0.5) is 0 Å². The summed E-state index contributed by atoms with van der Waals surface area (Å²) in [6.45, 7) is 5.33. The third kappa shape index (κ3) is 19.7. The maximum Gasteiger partial charge on any atom is 0.159 e. The van der Waals surface area contributed by atoms with E-state index in [-0.39, 0.29) is 0 Å². The second kappa shape index (κ2) is 15.6. The summed E-state index contributed by atoms with van der Waals surface area (Å²) in [5, 5.41) is 18.4. The molecule has 0 atom stereocenters. The second-order valence-corrected chi connectivity index (χ2v) is 6.76. The zero-order chi connectivity index (χ0) is 16.5. The van der Waals surface area contributed by atoms with Crippen molar-refractivity contribution < 1.29 is 10.2 Å². The van der Waals surface area contributed by atoms with Crippen LogP contribution in [0.3, 0.4) is 0 Å². The van der Waals surface area contributed by atoms with Crippen LogP contribution in [-0.2, 0) is 0 Å². The van der Waals surface area contributed by atoms with Gasteiger partial charge in [-0.3, -0.25) is 0 Å². The highest BCUT2D eigenvalue weighted by Crippen LogP contribution is 2.14. The predicted molar refractivity (Wildman–Crippen MR) is 96.6 cm³/mol. The number of hydrogen-bond donors (Lipinski definition) is 2. The standard InChI is InChI=1S/C20H39O2/c1-3-4-5-6-7-8-9-10-11-12-13-14-15-16-17-18-19-20(2,21)22/h10-11,21-22H,1,3-9,12-19H2,2H3/b11-10-. The van der Waals surface area contributed by atoms with Gasteiger partial charge in [0.05, 0.1) is 0 Å². The van der Waals surface area contributed by atoms with Gasteiger partial charge in [-0.15, -0.1) is 0 Å². The van der Waals surface area contributed by atoms with Gasteiger partial charge in [0, 0.05) is 6.42 Å². The van der Waals surface area contributed by atoms with Crippen LogP contribution in [-0.4, -0.2) is 16.0 Å². The normalized spacial score (nSPS) is 12.4. The van der Waals surface area contributed by atoms with E-state index < -0.39 is 5.79 Å². The predicted octanol–water partition coefficient (Wildman–Crippen LogP) is 5.93. The van der Waals surface area contributed by atoms with Crippen LogP contribution in [0.1, 0.15) is 103 Å². The van der Waals surface area contributed by atoms with E-state index in [1.807, 2.05) is 0 Å². The molecule has 0 aliphatic rings. The molecular formula is C20H39O2. The Hall–Kier alpha value is -0.340. The van der Waals surface area contributed by atoms with Crippen LogP contribution in [0, 0.1) is 6.92 Å². The average molecular weight is 312 g/mol. The minimum Gasteiger partial charge on any atom is -0.366 e. The first kappa shape index (κ1) is 21.7. The third-order valence-corrected chi connectivity index (χ3v) is 4.06. The van der Waals surface area contributed by atoms with Gasteiger partial charge in [-0.05, 0) is 39.0 Å². The van der Waals surface area contributed by atoms with Crippen molar-refractivity contribution in [2.75, 3.05) is 0 Å². The fourth-order valence-corrected chi connectivity index (χ4v) is 2.63. The van der Waals surface area contributed by atoms with Crippen LogP contribution in [0.2, 0.25) is 0 Å². The van der Waals surface area contributed by atoms with Gasteiger partial charge in [0.2, 0.25) is 0 Å². The molecule has 0 unspecified atom stereocenters. The topological polar surface area (TPSA) is 40.5 Å². The Labute approximate surface area is 139 Å². The van der Waals surface area contributed by atoms with Gasteiger partial charge in [0.15, 0.2) is 5.79 Å². The molecule has 0 spiro atoms.